The summed E-state index contributed by atoms with van der Waals surface area (Å²) in [7, 11) is 0. The molecule has 3 rings (SSSR count). The lowest BCUT2D eigenvalue weighted by Crippen LogP contribution is -2.37. The number of carbonyl (C=O) groups is 1. The summed E-state index contributed by atoms with van der Waals surface area (Å²) in [5.74, 6) is 1.17. The molecule has 1 aromatic heterocycles. The highest BCUT2D eigenvalue weighted by Crippen LogP contribution is 2.28. The lowest BCUT2D eigenvalue weighted by atomic mass is 10.2. The Morgan fingerprint density at radius 3 is 3.04 bits per heavy atom. The van der Waals surface area contributed by atoms with Crippen molar-refractivity contribution in [3.63, 3.8) is 0 Å². The van der Waals surface area contributed by atoms with Crippen LogP contribution in [0.1, 0.15) is 25.2 Å². The number of rotatable bonds is 5. The van der Waals surface area contributed by atoms with Crippen LogP contribution in [-0.4, -0.2) is 40.1 Å². The normalized spacial score (nSPS) is 17.7. The first kappa shape index (κ1) is 16.0. The van der Waals surface area contributed by atoms with Gasteiger partial charge in [-0.2, -0.15) is 0 Å². The van der Waals surface area contributed by atoms with Gasteiger partial charge in [0.2, 0.25) is 5.91 Å². The van der Waals surface area contributed by atoms with Crippen molar-refractivity contribution in [1.29, 1.82) is 0 Å². The van der Waals surface area contributed by atoms with E-state index >= 15 is 0 Å². The Hall–Kier alpha value is -1.85. The van der Waals surface area contributed by atoms with E-state index in [0.29, 0.717) is 29.5 Å². The van der Waals surface area contributed by atoms with Crippen molar-refractivity contribution in [2.75, 3.05) is 13.2 Å². The first-order chi connectivity index (χ1) is 11.2. The number of aryl methyl sites for hydroxylation is 1. The van der Waals surface area contributed by atoms with E-state index in [1.54, 1.807) is 17.2 Å². The molecule has 1 N–H and O–H groups in total. The second-order valence-electron chi connectivity index (χ2n) is 5.66. The van der Waals surface area contributed by atoms with Crippen molar-refractivity contribution < 1.29 is 14.3 Å². The van der Waals surface area contributed by atoms with Crippen molar-refractivity contribution >= 4 is 17.5 Å². The molecule has 0 unspecified atom stereocenters. The fraction of sp³-hybridized carbons (Fsp3) is 0.412. The third kappa shape index (κ3) is 3.57. The smallest absolute Gasteiger partial charge is 0.223 e. The number of oxazole rings is 1. The summed E-state index contributed by atoms with van der Waals surface area (Å²) in [5.41, 5.74) is 0.791. The van der Waals surface area contributed by atoms with Gasteiger partial charge in [-0.3, -0.25) is 4.79 Å². The summed E-state index contributed by atoms with van der Waals surface area (Å²) in [6.07, 6.45) is 4.23. The van der Waals surface area contributed by atoms with Gasteiger partial charge in [-0.25, -0.2) is 4.98 Å². The highest BCUT2D eigenvalue weighted by atomic mass is 35.5. The van der Waals surface area contributed by atoms with E-state index in [2.05, 4.69) is 4.98 Å². The van der Waals surface area contributed by atoms with Gasteiger partial charge in [0.15, 0.2) is 11.7 Å². The zero-order valence-corrected chi connectivity index (χ0v) is 13.5. The van der Waals surface area contributed by atoms with E-state index in [1.165, 1.54) is 0 Å². The highest BCUT2D eigenvalue weighted by Gasteiger charge is 2.27. The third-order valence-electron chi connectivity index (χ3n) is 4.15. The van der Waals surface area contributed by atoms with E-state index in [-0.39, 0.29) is 18.6 Å². The van der Waals surface area contributed by atoms with Gasteiger partial charge in [0.1, 0.15) is 0 Å². The molecule has 5 nitrogen and oxygen atoms in total. The molecule has 2 heterocycles. The molecule has 0 bridgehead atoms. The first-order valence-electron chi connectivity index (χ1n) is 7.79. The monoisotopic (exact) mass is 334 g/mol. The Labute approximate surface area is 139 Å². The van der Waals surface area contributed by atoms with Crippen LogP contribution in [0.3, 0.4) is 0 Å². The lowest BCUT2D eigenvalue weighted by molar-refractivity contribution is -0.132. The zero-order valence-electron chi connectivity index (χ0n) is 12.7. The Morgan fingerprint density at radius 1 is 1.43 bits per heavy atom. The molecule has 1 fully saturated rings. The van der Waals surface area contributed by atoms with E-state index in [9.17, 15) is 9.90 Å². The van der Waals surface area contributed by atoms with Gasteiger partial charge in [-0.1, -0.05) is 23.7 Å². The van der Waals surface area contributed by atoms with Gasteiger partial charge in [0.25, 0.3) is 0 Å². The summed E-state index contributed by atoms with van der Waals surface area (Å²) in [5, 5.41) is 9.89. The van der Waals surface area contributed by atoms with E-state index < -0.39 is 0 Å². The Balaban J connectivity index is 1.61. The Kier molecular flexibility index (Phi) is 4.98. The van der Waals surface area contributed by atoms with Crippen molar-refractivity contribution in [2.45, 2.75) is 31.7 Å². The quantitative estimate of drug-likeness (QED) is 0.913. The van der Waals surface area contributed by atoms with Gasteiger partial charge >= 0.3 is 0 Å². The number of aromatic nitrogens is 1. The fourth-order valence-corrected chi connectivity index (χ4v) is 3.15. The molecule has 2 aromatic rings. The summed E-state index contributed by atoms with van der Waals surface area (Å²) in [4.78, 5) is 18.2. The maximum Gasteiger partial charge on any atom is 0.223 e. The molecule has 1 atom stereocenters. The van der Waals surface area contributed by atoms with Crippen LogP contribution in [0, 0.1) is 0 Å². The molecule has 23 heavy (non-hydrogen) atoms. The minimum absolute atomic E-state index is 0.0292. The van der Waals surface area contributed by atoms with Crippen LogP contribution in [0.25, 0.3) is 11.3 Å². The molecule has 0 aliphatic carbocycles. The summed E-state index contributed by atoms with van der Waals surface area (Å²) in [6, 6.07) is 7.37. The molecular formula is C17H19ClN2O3. The summed E-state index contributed by atoms with van der Waals surface area (Å²) >= 11 is 6.14. The molecule has 122 valence electrons. The first-order valence-corrected chi connectivity index (χ1v) is 8.17. The molecule has 1 saturated heterocycles. The van der Waals surface area contributed by atoms with Crippen LogP contribution in [0.2, 0.25) is 5.02 Å². The van der Waals surface area contributed by atoms with Crippen LogP contribution in [0.4, 0.5) is 0 Å². The standard InChI is InChI=1S/C17H19ClN2O3/c18-14-6-2-1-5-13(14)15-10-19-16(23-15)7-8-17(22)20-9-3-4-12(20)11-21/h1-2,5-6,10,12,21H,3-4,7-9,11H2/t12-/m1/s1. The highest BCUT2D eigenvalue weighted by molar-refractivity contribution is 6.33. The number of likely N-dealkylation sites (tertiary alicyclic amines) is 1. The number of hydrogen-bond acceptors (Lipinski definition) is 4. The number of nitrogens with zero attached hydrogens (tertiary/aromatic N) is 2. The molecule has 0 saturated carbocycles. The number of aliphatic hydroxyl groups is 1. The van der Waals surface area contributed by atoms with Crippen LogP contribution in [-0.2, 0) is 11.2 Å². The van der Waals surface area contributed by atoms with Gasteiger partial charge in [-0.15, -0.1) is 0 Å². The minimum Gasteiger partial charge on any atom is -0.441 e. The third-order valence-corrected chi connectivity index (χ3v) is 4.48. The number of carbonyl (C=O) groups excluding carboxylic acids is 1. The van der Waals surface area contributed by atoms with Crippen LogP contribution >= 0.6 is 11.6 Å². The van der Waals surface area contributed by atoms with Gasteiger partial charge in [0.05, 0.1) is 23.9 Å². The topological polar surface area (TPSA) is 66.6 Å². The average Bonchev–Trinajstić information content (AvgIpc) is 3.22. The number of benzene rings is 1. The number of amides is 1. The predicted octanol–water partition coefficient (Wildman–Crippen LogP) is 2.91. The van der Waals surface area contributed by atoms with Crippen LogP contribution in [0.15, 0.2) is 34.9 Å². The zero-order chi connectivity index (χ0) is 16.2. The Bertz CT molecular complexity index is 686. The molecule has 1 aliphatic rings. The molecule has 0 radical (unpaired) electrons. The molecular weight excluding hydrogens is 316 g/mol. The Morgan fingerprint density at radius 2 is 2.26 bits per heavy atom. The van der Waals surface area contributed by atoms with Crippen LogP contribution < -0.4 is 0 Å². The second kappa shape index (κ2) is 7.15. The second-order valence-corrected chi connectivity index (χ2v) is 6.07. The SMILES string of the molecule is O=C(CCc1ncc(-c2ccccc2Cl)o1)N1CCC[C@@H]1CO. The maximum absolute atomic E-state index is 12.2. The molecule has 1 aromatic carbocycles. The van der Waals surface area contributed by atoms with E-state index in [0.717, 1.165) is 24.9 Å². The fourth-order valence-electron chi connectivity index (χ4n) is 2.92. The number of hydrogen-bond donors (Lipinski definition) is 1. The number of aliphatic hydroxyl groups excluding tert-OH is 1. The summed E-state index contributed by atoms with van der Waals surface area (Å²) < 4.78 is 5.70. The van der Waals surface area contributed by atoms with Crippen molar-refractivity contribution in [1.82, 2.24) is 9.88 Å². The van der Waals surface area contributed by atoms with E-state index in [4.69, 9.17) is 16.0 Å². The molecule has 1 aliphatic heterocycles. The molecule has 1 amide bonds. The minimum atomic E-state index is -0.0363. The van der Waals surface area contributed by atoms with Crippen molar-refractivity contribution in [3.05, 3.63) is 41.4 Å². The predicted molar refractivity (Wildman–Crippen MR) is 87.1 cm³/mol. The molecule has 6 heteroatoms. The summed E-state index contributed by atoms with van der Waals surface area (Å²) in [6.45, 7) is 0.752. The molecule has 0 spiro atoms. The average molecular weight is 335 g/mol. The number of halogens is 1. The lowest BCUT2D eigenvalue weighted by Gasteiger charge is -2.22. The largest absolute Gasteiger partial charge is 0.441 e. The van der Waals surface area contributed by atoms with Crippen molar-refractivity contribution in [2.24, 2.45) is 0 Å². The van der Waals surface area contributed by atoms with Gasteiger partial charge in [0, 0.05) is 24.9 Å². The van der Waals surface area contributed by atoms with E-state index in [1.807, 2.05) is 18.2 Å². The maximum atomic E-state index is 12.2. The van der Waals surface area contributed by atoms with Crippen LogP contribution in [0.5, 0.6) is 0 Å². The van der Waals surface area contributed by atoms with Gasteiger partial charge in [-0.05, 0) is 25.0 Å². The van der Waals surface area contributed by atoms with Gasteiger partial charge < -0.3 is 14.4 Å². The van der Waals surface area contributed by atoms with Crippen molar-refractivity contribution in [3.8, 4) is 11.3 Å².